The minimum Gasteiger partial charge on any atom is -0.373 e. The van der Waals surface area contributed by atoms with Gasteiger partial charge in [-0.25, -0.2) is 9.97 Å². The molecule has 0 radical (unpaired) electrons. The van der Waals surface area contributed by atoms with E-state index in [0.29, 0.717) is 0 Å². The fourth-order valence-electron chi connectivity index (χ4n) is 1.79. The van der Waals surface area contributed by atoms with Crippen molar-refractivity contribution in [3.63, 3.8) is 0 Å². The first kappa shape index (κ1) is 11.6. The Morgan fingerprint density at radius 3 is 2.47 bits per heavy atom. The number of aryl methyl sites for hydroxylation is 2. The zero-order valence-electron chi connectivity index (χ0n) is 10.7. The van der Waals surface area contributed by atoms with Gasteiger partial charge < -0.3 is 5.32 Å². The van der Waals surface area contributed by atoms with Crippen LogP contribution in [0.25, 0.3) is 11.4 Å². The van der Waals surface area contributed by atoms with E-state index in [1.54, 1.807) is 0 Å². The van der Waals surface area contributed by atoms with E-state index in [4.69, 9.17) is 0 Å². The van der Waals surface area contributed by atoms with Crippen molar-refractivity contribution >= 4 is 5.82 Å². The predicted octanol–water partition coefficient (Wildman–Crippen LogP) is 3.11. The first-order valence-electron chi connectivity index (χ1n) is 5.72. The summed E-state index contributed by atoms with van der Waals surface area (Å²) in [5.41, 5.74) is 4.39. The Hall–Kier alpha value is -1.90. The fraction of sp³-hybridized carbons (Fsp3) is 0.286. The summed E-state index contributed by atoms with van der Waals surface area (Å²) in [5, 5.41) is 3.11. The maximum absolute atomic E-state index is 4.54. The molecule has 0 fully saturated rings. The van der Waals surface area contributed by atoms with Crippen molar-refractivity contribution in [3.8, 4) is 11.4 Å². The van der Waals surface area contributed by atoms with Gasteiger partial charge in [-0.1, -0.05) is 23.8 Å². The van der Waals surface area contributed by atoms with Crippen LogP contribution < -0.4 is 5.32 Å². The molecule has 3 nitrogen and oxygen atoms in total. The molecule has 0 saturated carbocycles. The zero-order valence-corrected chi connectivity index (χ0v) is 10.7. The number of nitrogens with zero attached hydrogens (tertiary/aromatic N) is 2. The molecule has 0 bridgehead atoms. The third-order valence-electron chi connectivity index (χ3n) is 2.90. The Labute approximate surface area is 102 Å². The number of nitrogens with one attached hydrogen (secondary N) is 1. The molecule has 3 heteroatoms. The third-order valence-corrected chi connectivity index (χ3v) is 2.90. The van der Waals surface area contributed by atoms with Crippen molar-refractivity contribution in [2.24, 2.45) is 0 Å². The third kappa shape index (κ3) is 2.28. The molecule has 2 aromatic rings. The number of hydrogen-bond donors (Lipinski definition) is 1. The van der Waals surface area contributed by atoms with Gasteiger partial charge in [0.1, 0.15) is 5.82 Å². The van der Waals surface area contributed by atoms with Crippen LogP contribution in [-0.2, 0) is 0 Å². The van der Waals surface area contributed by atoms with Gasteiger partial charge in [0.15, 0.2) is 5.82 Å². The lowest BCUT2D eigenvalue weighted by atomic mass is 10.1. The summed E-state index contributed by atoms with van der Waals surface area (Å²) in [7, 11) is 1.88. The minimum atomic E-state index is 0.779. The monoisotopic (exact) mass is 227 g/mol. The highest BCUT2D eigenvalue weighted by Gasteiger charge is 2.08. The second-order valence-corrected chi connectivity index (χ2v) is 4.23. The van der Waals surface area contributed by atoms with E-state index in [1.807, 2.05) is 33.0 Å². The second-order valence-electron chi connectivity index (χ2n) is 4.23. The van der Waals surface area contributed by atoms with Crippen molar-refractivity contribution in [2.75, 3.05) is 12.4 Å². The SMILES string of the molecule is CNc1nc(-c2cccc(C)c2)nc(C)c1C. The van der Waals surface area contributed by atoms with E-state index < -0.39 is 0 Å². The quantitative estimate of drug-likeness (QED) is 0.856. The summed E-state index contributed by atoms with van der Waals surface area (Å²) in [6.07, 6.45) is 0. The molecule has 1 aromatic heterocycles. The molecule has 17 heavy (non-hydrogen) atoms. The number of anilines is 1. The first-order valence-corrected chi connectivity index (χ1v) is 5.72. The lowest BCUT2D eigenvalue weighted by molar-refractivity contribution is 1.07. The van der Waals surface area contributed by atoms with Gasteiger partial charge in [0.25, 0.3) is 0 Å². The van der Waals surface area contributed by atoms with Gasteiger partial charge in [0, 0.05) is 23.9 Å². The molecular weight excluding hydrogens is 210 g/mol. The molecule has 0 spiro atoms. The molecule has 1 aromatic carbocycles. The lowest BCUT2D eigenvalue weighted by Gasteiger charge is -2.10. The molecule has 1 heterocycles. The van der Waals surface area contributed by atoms with Crippen LogP contribution in [0.4, 0.5) is 5.82 Å². The smallest absolute Gasteiger partial charge is 0.161 e. The molecule has 0 aliphatic rings. The van der Waals surface area contributed by atoms with E-state index >= 15 is 0 Å². The molecule has 0 saturated heterocycles. The largest absolute Gasteiger partial charge is 0.373 e. The van der Waals surface area contributed by atoms with Gasteiger partial charge in [-0.2, -0.15) is 0 Å². The van der Waals surface area contributed by atoms with Crippen LogP contribution in [0.2, 0.25) is 0 Å². The van der Waals surface area contributed by atoms with Crippen LogP contribution in [0, 0.1) is 20.8 Å². The summed E-state index contributed by atoms with van der Waals surface area (Å²) in [5.74, 6) is 1.68. The molecule has 2 rings (SSSR count). The Bertz CT molecular complexity index is 547. The number of hydrogen-bond acceptors (Lipinski definition) is 3. The standard InChI is InChI=1S/C14H17N3/c1-9-6-5-7-12(8-9)14-16-11(3)10(2)13(15-4)17-14/h5-8H,1-4H3,(H,15,16,17). The van der Waals surface area contributed by atoms with Crippen LogP contribution in [-0.4, -0.2) is 17.0 Å². The highest BCUT2D eigenvalue weighted by Crippen LogP contribution is 2.21. The summed E-state index contributed by atoms with van der Waals surface area (Å²) < 4.78 is 0. The average molecular weight is 227 g/mol. The second kappa shape index (κ2) is 4.53. The molecule has 1 N–H and O–H groups in total. The predicted molar refractivity (Wildman–Crippen MR) is 71.2 cm³/mol. The van der Waals surface area contributed by atoms with Gasteiger partial charge in [-0.15, -0.1) is 0 Å². The van der Waals surface area contributed by atoms with Crippen molar-refractivity contribution in [3.05, 3.63) is 41.1 Å². The topological polar surface area (TPSA) is 37.8 Å². The van der Waals surface area contributed by atoms with E-state index in [9.17, 15) is 0 Å². The van der Waals surface area contributed by atoms with Crippen LogP contribution in [0.3, 0.4) is 0 Å². The Morgan fingerprint density at radius 2 is 1.82 bits per heavy atom. The van der Waals surface area contributed by atoms with Crippen LogP contribution >= 0.6 is 0 Å². The Morgan fingerprint density at radius 1 is 1.06 bits per heavy atom. The Balaban J connectivity index is 2.56. The molecular formula is C14H17N3. The van der Waals surface area contributed by atoms with E-state index in [1.165, 1.54) is 5.56 Å². The van der Waals surface area contributed by atoms with E-state index in [2.05, 4.69) is 34.3 Å². The number of aromatic nitrogens is 2. The summed E-state index contributed by atoms with van der Waals surface area (Å²) in [4.78, 5) is 9.08. The summed E-state index contributed by atoms with van der Waals surface area (Å²) in [6.45, 7) is 6.11. The average Bonchev–Trinajstić information content (AvgIpc) is 2.32. The van der Waals surface area contributed by atoms with Crippen molar-refractivity contribution < 1.29 is 0 Å². The van der Waals surface area contributed by atoms with E-state index in [0.717, 1.165) is 28.5 Å². The highest BCUT2D eigenvalue weighted by atomic mass is 15.0. The summed E-state index contributed by atoms with van der Waals surface area (Å²) >= 11 is 0. The lowest BCUT2D eigenvalue weighted by Crippen LogP contribution is -2.02. The molecule has 0 amide bonds. The van der Waals surface area contributed by atoms with Gasteiger partial charge >= 0.3 is 0 Å². The summed E-state index contributed by atoms with van der Waals surface area (Å²) in [6, 6.07) is 8.24. The van der Waals surface area contributed by atoms with Crippen LogP contribution in [0.1, 0.15) is 16.8 Å². The van der Waals surface area contributed by atoms with Crippen LogP contribution in [0.15, 0.2) is 24.3 Å². The van der Waals surface area contributed by atoms with Gasteiger partial charge in [-0.05, 0) is 26.8 Å². The van der Waals surface area contributed by atoms with Crippen LogP contribution in [0.5, 0.6) is 0 Å². The normalized spacial score (nSPS) is 10.4. The van der Waals surface area contributed by atoms with Gasteiger partial charge in [0.2, 0.25) is 0 Å². The fourth-order valence-corrected chi connectivity index (χ4v) is 1.79. The zero-order chi connectivity index (χ0) is 12.4. The van der Waals surface area contributed by atoms with Gasteiger partial charge in [-0.3, -0.25) is 0 Å². The van der Waals surface area contributed by atoms with Crippen molar-refractivity contribution in [2.45, 2.75) is 20.8 Å². The number of benzene rings is 1. The first-order chi connectivity index (χ1) is 8.11. The molecule has 0 aliphatic heterocycles. The number of rotatable bonds is 2. The molecule has 0 atom stereocenters. The van der Waals surface area contributed by atoms with E-state index in [-0.39, 0.29) is 0 Å². The molecule has 0 aliphatic carbocycles. The molecule has 88 valence electrons. The maximum atomic E-state index is 4.54. The molecule has 0 unspecified atom stereocenters. The van der Waals surface area contributed by atoms with Crippen molar-refractivity contribution in [1.82, 2.24) is 9.97 Å². The van der Waals surface area contributed by atoms with Gasteiger partial charge in [0.05, 0.1) is 0 Å². The highest BCUT2D eigenvalue weighted by molar-refractivity contribution is 5.60. The Kier molecular flexibility index (Phi) is 3.09. The van der Waals surface area contributed by atoms with Crippen molar-refractivity contribution in [1.29, 1.82) is 0 Å². The minimum absolute atomic E-state index is 0.779. The maximum Gasteiger partial charge on any atom is 0.161 e.